The fraction of sp³-hybridized carbons (Fsp3) is 0.375. The van der Waals surface area contributed by atoms with Gasteiger partial charge in [-0.3, -0.25) is 4.79 Å². The lowest BCUT2D eigenvalue weighted by molar-refractivity contribution is -0.116. The molecule has 1 aromatic heterocycles. The van der Waals surface area contributed by atoms with Crippen molar-refractivity contribution in [3.05, 3.63) is 47.2 Å². The van der Waals surface area contributed by atoms with E-state index in [4.69, 9.17) is 0 Å². The number of fused-ring (bicyclic) bond motifs is 1. The predicted molar refractivity (Wildman–Crippen MR) is 78.9 cm³/mol. The van der Waals surface area contributed by atoms with Crippen LogP contribution in [-0.4, -0.2) is 15.7 Å². The predicted octanol–water partition coefficient (Wildman–Crippen LogP) is 3.25. The van der Waals surface area contributed by atoms with E-state index in [1.807, 2.05) is 10.9 Å². The number of amides is 1. The molecule has 0 unspecified atom stereocenters. The number of anilines is 1. The third kappa shape index (κ3) is 2.11. The van der Waals surface area contributed by atoms with Gasteiger partial charge in [0.1, 0.15) is 5.82 Å². The lowest BCUT2D eigenvalue weighted by Gasteiger charge is -2.24. The summed E-state index contributed by atoms with van der Waals surface area (Å²) < 4.78 is 1.88. The molecule has 0 spiro atoms. The number of carbonyl (C=O) groups is 1. The zero-order valence-electron chi connectivity index (χ0n) is 12.1. The smallest absolute Gasteiger partial charge is 0.226 e. The average molecular weight is 269 g/mol. The lowest BCUT2D eigenvalue weighted by atomic mass is 9.87. The molecule has 0 saturated carbocycles. The van der Waals surface area contributed by atoms with Crippen LogP contribution in [0.4, 0.5) is 5.82 Å². The van der Waals surface area contributed by atoms with Crippen molar-refractivity contribution in [2.75, 3.05) is 5.32 Å². The average Bonchev–Trinajstić information content (AvgIpc) is 2.82. The second kappa shape index (κ2) is 4.78. The molecule has 1 atom stereocenters. The van der Waals surface area contributed by atoms with Gasteiger partial charge in [0.25, 0.3) is 0 Å². The van der Waals surface area contributed by atoms with Crippen LogP contribution in [0.3, 0.4) is 0 Å². The molecule has 4 heteroatoms. The van der Waals surface area contributed by atoms with Crippen molar-refractivity contribution in [3.63, 3.8) is 0 Å². The Morgan fingerprint density at radius 1 is 1.30 bits per heavy atom. The molecule has 1 aliphatic rings. The summed E-state index contributed by atoms with van der Waals surface area (Å²) in [6.07, 6.45) is 2.37. The topological polar surface area (TPSA) is 46.9 Å². The van der Waals surface area contributed by atoms with Gasteiger partial charge in [-0.05, 0) is 26.3 Å². The van der Waals surface area contributed by atoms with Crippen LogP contribution in [0, 0.1) is 6.92 Å². The van der Waals surface area contributed by atoms with E-state index in [1.54, 1.807) is 0 Å². The van der Waals surface area contributed by atoms with Gasteiger partial charge >= 0.3 is 0 Å². The van der Waals surface area contributed by atoms with Gasteiger partial charge in [0.05, 0.1) is 6.20 Å². The van der Waals surface area contributed by atoms with Crippen molar-refractivity contribution in [3.8, 4) is 0 Å². The first-order chi connectivity index (χ1) is 9.56. The first kappa shape index (κ1) is 12.9. The molecule has 0 radical (unpaired) electrons. The van der Waals surface area contributed by atoms with Crippen LogP contribution in [0.15, 0.2) is 30.5 Å². The van der Waals surface area contributed by atoms with E-state index in [-0.39, 0.29) is 17.9 Å². The summed E-state index contributed by atoms with van der Waals surface area (Å²) >= 11 is 0. The Balaban J connectivity index is 2.06. The molecule has 0 aliphatic carbocycles. The molecule has 1 amide bonds. The Kier molecular flexibility index (Phi) is 3.08. The van der Waals surface area contributed by atoms with Crippen molar-refractivity contribution in [2.24, 2.45) is 0 Å². The molecule has 0 saturated heterocycles. The monoisotopic (exact) mass is 269 g/mol. The van der Waals surface area contributed by atoms with Crippen molar-refractivity contribution < 1.29 is 4.79 Å². The first-order valence-corrected chi connectivity index (χ1v) is 7.00. The Labute approximate surface area is 118 Å². The highest BCUT2D eigenvalue weighted by Gasteiger charge is 2.30. The van der Waals surface area contributed by atoms with Gasteiger partial charge in [-0.15, -0.1) is 0 Å². The SMILES string of the molecule is Cc1ccc([C@H]2CC(=O)Nc3c2cnn3C(C)C)cc1. The Morgan fingerprint density at radius 2 is 2.00 bits per heavy atom. The summed E-state index contributed by atoms with van der Waals surface area (Å²) in [5.41, 5.74) is 3.52. The number of nitrogens with one attached hydrogen (secondary N) is 1. The van der Waals surface area contributed by atoms with Gasteiger partial charge in [0.2, 0.25) is 5.91 Å². The molecule has 3 rings (SSSR count). The normalized spacial score (nSPS) is 18.0. The third-order valence-corrected chi connectivity index (χ3v) is 3.82. The number of aryl methyl sites for hydroxylation is 1. The highest BCUT2D eigenvalue weighted by Crippen LogP contribution is 2.37. The van der Waals surface area contributed by atoms with Gasteiger partial charge in [-0.1, -0.05) is 29.8 Å². The highest BCUT2D eigenvalue weighted by molar-refractivity contribution is 5.94. The summed E-state index contributed by atoms with van der Waals surface area (Å²) in [6.45, 7) is 6.20. The van der Waals surface area contributed by atoms with Gasteiger partial charge in [0.15, 0.2) is 0 Å². The van der Waals surface area contributed by atoms with E-state index in [1.165, 1.54) is 11.1 Å². The number of carbonyl (C=O) groups excluding carboxylic acids is 1. The quantitative estimate of drug-likeness (QED) is 0.909. The molecular formula is C16H19N3O. The molecule has 1 N–H and O–H groups in total. The van der Waals surface area contributed by atoms with Crippen LogP contribution in [0.25, 0.3) is 0 Å². The standard InChI is InChI=1S/C16H19N3O/c1-10(2)19-16-14(9-17-19)13(8-15(20)18-16)12-6-4-11(3)5-7-12/h4-7,9-10,13H,8H2,1-3H3,(H,18,20)/t13-/m1/s1. The zero-order chi connectivity index (χ0) is 14.3. The maximum Gasteiger partial charge on any atom is 0.226 e. The number of hydrogen-bond donors (Lipinski definition) is 1. The minimum absolute atomic E-state index is 0.0606. The Hall–Kier alpha value is -2.10. The Morgan fingerprint density at radius 3 is 2.65 bits per heavy atom. The van der Waals surface area contributed by atoms with Crippen LogP contribution in [0.2, 0.25) is 0 Å². The fourth-order valence-corrected chi connectivity index (χ4v) is 2.73. The molecule has 1 aliphatic heterocycles. The van der Waals surface area contributed by atoms with Gasteiger partial charge in [-0.2, -0.15) is 5.10 Å². The first-order valence-electron chi connectivity index (χ1n) is 7.00. The third-order valence-electron chi connectivity index (χ3n) is 3.82. The second-order valence-electron chi connectivity index (χ2n) is 5.70. The second-order valence-corrected chi connectivity index (χ2v) is 5.70. The summed E-state index contributed by atoms with van der Waals surface area (Å²) in [4.78, 5) is 12.0. The fourth-order valence-electron chi connectivity index (χ4n) is 2.73. The Bertz CT molecular complexity index is 640. The van der Waals surface area contributed by atoms with Gasteiger partial charge in [0, 0.05) is 23.9 Å². The molecule has 20 heavy (non-hydrogen) atoms. The summed E-state index contributed by atoms with van der Waals surface area (Å²) in [5, 5.41) is 7.39. The van der Waals surface area contributed by atoms with Gasteiger partial charge in [-0.25, -0.2) is 4.68 Å². The maximum absolute atomic E-state index is 12.0. The number of benzene rings is 1. The summed E-state index contributed by atoms with van der Waals surface area (Å²) in [5.74, 6) is 1.01. The molecule has 2 aromatic rings. The number of nitrogens with zero attached hydrogens (tertiary/aromatic N) is 2. The lowest BCUT2D eigenvalue weighted by Crippen LogP contribution is -2.25. The van der Waals surface area contributed by atoms with Crippen LogP contribution in [0.1, 0.15) is 48.9 Å². The molecule has 1 aromatic carbocycles. The number of rotatable bonds is 2. The van der Waals surface area contributed by atoms with E-state index in [9.17, 15) is 4.79 Å². The van der Waals surface area contributed by atoms with Crippen molar-refractivity contribution in [2.45, 2.75) is 39.2 Å². The molecular weight excluding hydrogens is 250 g/mol. The molecule has 4 nitrogen and oxygen atoms in total. The number of aromatic nitrogens is 2. The van der Waals surface area contributed by atoms with E-state index < -0.39 is 0 Å². The molecule has 104 valence electrons. The maximum atomic E-state index is 12.0. The largest absolute Gasteiger partial charge is 0.311 e. The van der Waals surface area contributed by atoms with Crippen LogP contribution >= 0.6 is 0 Å². The summed E-state index contributed by atoms with van der Waals surface area (Å²) in [6, 6.07) is 8.63. The van der Waals surface area contributed by atoms with Crippen LogP contribution < -0.4 is 5.32 Å². The van der Waals surface area contributed by atoms with Crippen LogP contribution in [-0.2, 0) is 4.79 Å². The minimum Gasteiger partial charge on any atom is -0.311 e. The summed E-state index contributed by atoms with van der Waals surface area (Å²) in [7, 11) is 0. The van der Waals surface area contributed by atoms with E-state index in [0.717, 1.165) is 11.4 Å². The van der Waals surface area contributed by atoms with E-state index in [2.05, 4.69) is 55.5 Å². The van der Waals surface area contributed by atoms with Gasteiger partial charge < -0.3 is 5.32 Å². The van der Waals surface area contributed by atoms with Crippen molar-refractivity contribution in [1.82, 2.24) is 9.78 Å². The van der Waals surface area contributed by atoms with Crippen molar-refractivity contribution >= 4 is 11.7 Å². The zero-order valence-corrected chi connectivity index (χ0v) is 12.1. The van der Waals surface area contributed by atoms with Crippen molar-refractivity contribution in [1.29, 1.82) is 0 Å². The van der Waals surface area contributed by atoms with Crippen LogP contribution in [0.5, 0.6) is 0 Å². The number of hydrogen-bond acceptors (Lipinski definition) is 2. The van der Waals surface area contributed by atoms with E-state index in [0.29, 0.717) is 6.42 Å². The van der Waals surface area contributed by atoms with E-state index >= 15 is 0 Å². The molecule has 2 heterocycles. The molecule has 0 bridgehead atoms. The molecule has 0 fully saturated rings. The minimum atomic E-state index is 0.0606. The highest BCUT2D eigenvalue weighted by atomic mass is 16.1.